The summed E-state index contributed by atoms with van der Waals surface area (Å²) in [4.78, 5) is 40.4. The van der Waals surface area contributed by atoms with Crippen LogP contribution in [0.3, 0.4) is 0 Å². The molecule has 2 N–H and O–H groups in total. The Hall–Kier alpha value is -2.57. The van der Waals surface area contributed by atoms with Crippen molar-refractivity contribution >= 4 is 46.6 Å². The van der Waals surface area contributed by atoms with Crippen LogP contribution in [-0.4, -0.2) is 41.8 Å². The summed E-state index contributed by atoms with van der Waals surface area (Å²) >= 11 is 12.1. The number of amides is 3. The lowest BCUT2D eigenvalue weighted by molar-refractivity contribution is -0.136. The summed E-state index contributed by atoms with van der Waals surface area (Å²) in [6.07, 6.45) is 1.66. The Labute approximate surface area is 204 Å². The highest BCUT2D eigenvalue weighted by atomic mass is 35.5. The van der Waals surface area contributed by atoms with Crippen LogP contribution in [0.15, 0.2) is 48.5 Å². The molecule has 0 aromatic heterocycles. The van der Waals surface area contributed by atoms with Gasteiger partial charge in [-0.3, -0.25) is 14.4 Å². The first-order chi connectivity index (χ1) is 15.7. The first-order valence-electron chi connectivity index (χ1n) is 11.1. The normalized spacial score (nSPS) is 15.2. The Balaban J connectivity index is 1.60. The maximum absolute atomic E-state index is 13.3. The molecular formula is C25H29Cl2N3O3. The summed E-state index contributed by atoms with van der Waals surface area (Å²) < 4.78 is 0. The SMILES string of the molecule is CC(C)C[C@H](NC(=O)c1ccc(Cl)cc1Cl)C(=O)N1CCC(C(=O)Nc2ccccc2)CC1. The number of carbonyl (C=O) groups excluding carboxylic acids is 3. The molecule has 2 aromatic carbocycles. The van der Waals surface area contributed by atoms with E-state index in [0.29, 0.717) is 37.4 Å². The molecule has 8 heteroatoms. The molecule has 3 rings (SSSR count). The van der Waals surface area contributed by atoms with Crippen molar-refractivity contribution in [1.29, 1.82) is 0 Å². The maximum atomic E-state index is 13.3. The summed E-state index contributed by atoms with van der Waals surface area (Å²) in [5, 5.41) is 6.46. The number of likely N-dealkylation sites (tertiary alicyclic amines) is 1. The lowest BCUT2D eigenvalue weighted by Gasteiger charge is -2.34. The molecule has 33 heavy (non-hydrogen) atoms. The maximum Gasteiger partial charge on any atom is 0.253 e. The van der Waals surface area contributed by atoms with Crippen molar-refractivity contribution in [2.45, 2.75) is 39.2 Å². The second kappa shape index (κ2) is 11.5. The van der Waals surface area contributed by atoms with Gasteiger partial charge in [0.1, 0.15) is 6.04 Å². The van der Waals surface area contributed by atoms with E-state index in [9.17, 15) is 14.4 Å². The number of nitrogens with one attached hydrogen (secondary N) is 2. The minimum absolute atomic E-state index is 0.0299. The third-order valence-corrected chi connectivity index (χ3v) is 6.25. The monoisotopic (exact) mass is 489 g/mol. The molecule has 1 heterocycles. The molecule has 1 atom stereocenters. The minimum Gasteiger partial charge on any atom is -0.341 e. The number of piperidine rings is 1. The van der Waals surface area contributed by atoms with Gasteiger partial charge in [-0.15, -0.1) is 0 Å². The van der Waals surface area contributed by atoms with Crippen molar-refractivity contribution in [2.75, 3.05) is 18.4 Å². The number of halogens is 2. The summed E-state index contributed by atoms with van der Waals surface area (Å²) in [6.45, 7) is 4.94. The largest absolute Gasteiger partial charge is 0.341 e. The quantitative estimate of drug-likeness (QED) is 0.573. The molecule has 1 fully saturated rings. The van der Waals surface area contributed by atoms with Crippen LogP contribution >= 0.6 is 23.2 Å². The van der Waals surface area contributed by atoms with E-state index in [2.05, 4.69) is 10.6 Å². The Kier molecular flexibility index (Phi) is 8.75. The van der Waals surface area contributed by atoms with Gasteiger partial charge >= 0.3 is 0 Å². The van der Waals surface area contributed by atoms with E-state index in [-0.39, 0.29) is 34.2 Å². The highest BCUT2D eigenvalue weighted by molar-refractivity contribution is 6.36. The lowest BCUT2D eigenvalue weighted by Crippen LogP contribution is -2.51. The van der Waals surface area contributed by atoms with Gasteiger partial charge in [-0.1, -0.05) is 55.2 Å². The molecule has 0 radical (unpaired) electrons. The van der Waals surface area contributed by atoms with Crippen molar-refractivity contribution < 1.29 is 14.4 Å². The van der Waals surface area contributed by atoms with Crippen molar-refractivity contribution in [3.63, 3.8) is 0 Å². The fourth-order valence-electron chi connectivity index (χ4n) is 3.95. The van der Waals surface area contributed by atoms with E-state index in [1.165, 1.54) is 6.07 Å². The molecule has 1 aliphatic rings. The third-order valence-electron chi connectivity index (χ3n) is 5.71. The van der Waals surface area contributed by atoms with Crippen LogP contribution in [-0.2, 0) is 9.59 Å². The van der Waals surface area contributed by atoms with E-state index < -0.39 is 11.9 Å². The molecule has 0 spiro atoms. The van der Waals surface area contributed by atoms with Gasteiger partial charge in [0.2, 0.25) is 11.8 Å². The second-order valence-corrected chi connectivity index (χ2v) is 9.58. The Morgan fingerprint density at radius 2 is 1.70 bits per heavy atom. The van der Waals surface area contributed by atoms with Crippen LogP contribution in [0.4, 0.5) is 5.69 Å². The Morgan fingerprint density at radius 3 is 2.30 bits per heavy atom. The van der Waals surface area contributed by atoms with E-state index in [1.807, 2.05) is 44.2 Å². The fourth-order valence-corrected chi connectivity index (χ4v) is 4.45. The zero-order valence-electron chi connectivity index (χ0n) is 18.8. The van der Waals surface area contributed by atoms with Crippen molar-refractivity contribution in [1.82, 2.24) is 10.2 Å². The molecule has 0 bridgehead atoms. The zero-order chi connectivity index (χ0) is 24.0. The number of para-hydroxylation sites is 1. The first kappa shape index (κ1) is 25.1. The summed E-state index contributed by atoms with van der Waals surface area (Å²) in [5.41, 5.74) is 1.04. The number of nitrogens with zero attached hydrogens (tertiary/aromatic N) is 1. The van der Waals surface area contributed by atoms with Crippen LogP contribution in [0.25, 0.3) is 0 Å². The molecular weight excluding hydrogens is 461 g/mol. The van der Waals surface area contributed by atoms with Crippen molar-refractivity contribution in [3.05, 3.63) is 64.1 Å². The van der Waals surface area contributed by atoms with Gasteiger partial charge in [0, 0.05) is 29.7 Å². The van der Waals surface area contributed by atoms with Crippen molar-refractivity contribution in [3.8, 4) is 0 Å². The van der Waals surface area contributed by atoms with Gasteiger partial charge in [0.15, 0.2) is 0 Å². The van der Waals surface area contributed by atoms with Crippen LogP contribution < -0.4 is 10.6 Å². The third kappa shape index (κ3) is 6.95. The number of hydrogen-bond donors (Lipinski definition) is 2. The van der Waals surface area contributed by atoms with Gasteiger partial charge in [-0.05, 0) is 55.5 Å². The van der Waals surface area contributed by atoms with Gasteiger partial charge in [-0.2, -0.15) is 0 Å². The van der Waals surface area contributed by atoms with Crippen LogP contribution in [0.1, 0.15) is 43.5 Å². The molecule has 2 aromatic rings. The Bertz CT molecular complexity index is 990. The van der Waals surface area contributed by atoms with Crippen LogP contribution in [0.5, 0.6) is 0 Å². The number of anilines is 1. The molecule has 0 unspecified atom stereocenters. The minimum atomic E-state index is -0.668. The highest BCUT2D eigenvalue weighted by Crippen LogP contribution is 2.23. The summed E-state index contributed by atoms with van der Waals surface area (Å²) in [6, 6.07) is 13.3. The fraction of sp³-hybridized carbons (Fsp3) is 0.400. The Morgan fingerprint density at radius 1 is 1.03 bits per heavy atom. The summed E-state index contributed by atoms with van der Waals surface area (Å²) in [5.74, 6) is -0.524. The number of hydrogen-bond acceptors (Lipinski definition) is 3. The van der Waals surface area contributed by atoms with Gasteiger partial charge < -0.3 is 15.5 Å². The van der Waals surface area contributed by atoms with Gasteiger partial charge in [0.25, 0.3) is 5.91 Å². The van der Waals surface area contributed by atoms with E-state index in [0.717, 1.165) is 5.69 Å². The molecule has 0 aliphatic carbocycles. The van der Waals surface area contributed by atoms with E-state index >= 15 is 0 Å². The van der Waals surface area contributed by atoms with Crippen LogP contribution in [0.2, 0.25) is 10.0 Å². The first-order valence-corrected chi connectivity index (χ1v) is 11.9. The number of carbonyl (C=O) groups is 3. The topological polar surface area (TPSA) is 78.5 Å². The van der Waals surface area contributed by atoms with Crippen LogP contribution in [0, 0.1) is 11.8 Å². The molecule has 176 valence electrons. The lowest BCUT2D eigenvalue weighted by atomic mass is 9.94. The number of benzene rings is 2. The zero-order valence-corrected chi connectivity index (χ0v) is 20.3. The summed E-state index contributed by atoms with van der Waals surface area (Å²) in [7, 11) is 0. The molecule has 1 aliphatic heterocycles. The molecule has 1 saturated heterocycles. The molecule has 3 amide bonds. The second-order valence-electron chi connectivity index (χ2n) is 8.73. The molecule has 6 nitrogen and oxygen atoms in total. The van der Waals surface area contributed by atoms with E-state index in [4.69, 9.17) is 23.2 Å². The van der Waals surface area contributed by atoms with Gasteiger partial charge in [-0.25, -0.2) is 0 Å². The number of rotatable bonds is 7. The van der Waals surface area contributed by atoms with Crippen molar-refractivity contribution in [2.24, 2.45) is 11.8 Å². The smallest absolute Gasteiger partial charge is 0.253 e. The highest BCUT2D eigenvalue weighted by Gasteiger charge is 2.32. The average molecular weight is 490 g/mol. The average Bonchev–Trinajstić information content (AvgIpc) is 2.78. The standard InChI is InChI=1S/C25H29Cl2N3O3/c1-16(2)14-22(29-24(32)20-9-8-18(26)15-21(20)27)25(33)30-12-10-17(11-13-30)23(31)28-19-6-4-3-5-7-19/h3-9,15-17,22H,10-14H2,1-2H3,(H,28,31)(H,29,32)/t22-/m0/s1. The predicted molar refractivity (Wildman–Crippen MR) is 132 cm³/mol. The molecule has 0 saturated carbocycles. The van der Waals surface area contributed by atoms with E-state index in [1.54, 1.807) is 17.0 Å². The van der Waals surface area contributed by atoms with Gasteiger partial charge in [0.05, 0.1) is 10.6 Å². The predicted octanol–water partition coefficient (Wildman–Crippen LogP) is 5.02.